The maximum absolute atomic E-state index is 12.7. The molecule has 0 saturated carbocycles. The predicted molar refractivity (Wildman–Crippen MR) is 91.3 cm³/mol. The first-order chi connectivity index (χ1) is 11.7. The van der Waals surface area contributed by atoms with Gasteiger partial charge in [0.05, 0.1) is 13.3 Å². The van der Waals surface area contributed by atoms with Crippen LogP contribution in [0.4, 0.5) is 0 Å². The number of rotatable bonds is 3. The van der Waals surface area contributed by atoms with Crippen molar-refractivity contribution in [2.24, 2.45) is 7.05 Å². The van der Waals surface area contributed by atoms with E-state index in [0.29, 0.717) is 5.69 Å². The number of amides is 1. The molecular formula is C18H20N4O2. The first-order valence-electron chi connectivity index (χ1n) is 8.11. The zero-order valence-electron chi connectivity index (χ0n) is 13.8. The molecule has 0 bridgehead atoms. The summed E-state index contributed by atoms with van der Waals surface area (Å²) < 4.78 is 7.19. The summed E-state index contributed by atoms with van der Waals surface area (Å²) in [5.41, 5.74) is 4.07. The minimum atomic E-state index is -0.0374. The number of H-pyrrole nitrogens is 1. The number of aryl methyl sites for hydroxylation is 2. The molecule has 0 unspecified atom stereocenters. The monoisotopic (exact) mass is 324 g/mol. The lowest BCUT2D eigenvalue weighted by Gasteiger charge is -2.22. The Morgan fingerprint density at radius 2 is 2.29 bits per heavy atom. The van der Waals surface area contributed by atoms with E-state index in [1.165, 1.54) is 11.3 Å². The van der Waals surface area contributed by atoms with E-state index in [1.54, 1.807) is 7.11 Å². The number of carbonyl (C=O) groups excluding carboxylic acids is 1. The molecule has 1 aromatic carbocycles. The molecule has 2 aromatic heterocycles. The second-order valence-electron chi connectivity index (χ2n) is 6.30. The predicted octanol–water partition coefficient (Wildman–Crippen LogP) is 2.20. The van der Waals surface area contributed by atoms with Crippen molar-refractivity contribution in [2.75, 3.05) is 7.11 Å². The van der Waals surface area contributed by atoms with Gasteiger partial charge in [-0.1, -0.05) is 0 Å². The molecule has 4 rings (SSSR count). The fraction of sp³-hybridized carbons (Fsp3) is 0.333. The van der Waals surface area contributed by atoms with Gasteiger partial charge in [-0.25, -0.2) is 0 Å². The lowest BCUT2D eigenvalue weighted by Crippen LogP contribution is -2.39. The lowest BCUT2D eigenvalue weighted by molar-refractivity contribution is 0.0926. The van der Waals surface area contributed by atoms with E-state index in [2.05, 4.69) is 15.5 Å². The number of methoxy groups -OCH3 is 1. The molecule has 24 heavy (non-hydrogen) atoms. The first kappa shape index (κ1) is 14.8. The van der Waals surface area contributed by atoms with Gasteiger partial charge in [-0.2, -0.15) is 5.10 Å². The van der Waals surface area contributed by atoms with Crippen molar-refractivity contribution >= 4 is 16.8 Å². The maximum Gasteiger partial charge on any atom is 0.268 e. The highest BCUT2D eigenvalue weighted by Crippen LogP contribution is 2.24. The van der Waals surface area contributed by atoms with Crippen molar-refractivity contribution in [1.82, 2.24) is 20.1 Å². The molecule has 0 saturated heterocycles. The minimum Gasteiger partial charge on any atom is -0.497 e. The highest BCUT2D eigenvalue weighted by molar-refractivity contribution is 5.99. The summed E-state index contributed by atoms with van der Waals surface area (Å²) in [5.74, 6) is 0.754. The second kappa shape index (κ2) is 5.70. The van der Waals surface area contributed by atoms with Gasteiger partial charge in [-0.15, -0.1) is 0 Å². The summed E-state index contributed by atoms with van der Waals surface area (Å²) in [4.78, 5) is 12.7. The van der Waals surface area contributed by atoms with E-state index in [9.17, 15) is 4.79 Å². The van der Waals surface area contributed by atoms with E-state index in [1.807, 2.05) is 42.1 Å². The van der Waals surface area contributed by atoms with Gasteiger partial charge in [0.25, 0.3) is 5.91 Å². The third kappa shape index (κ3) is 2.44. The Bertz CT molecular complexity index is 909. The second-order valence-corrected chi connectivity index (χ2v) is 6.30. The van der Waals surface area contributed by atoms with Crippen molar-refractivity contribution in [3.05, 3.63) is 47.4 Å². The Morgan fingerprint density at radius 3 is 3.12 bits per heavy atom. The SMILES string of the molecule is COc1ccc2c(c1)cc(C(=O)N[C@H]1CCc3[nH]ncc3C1)n2C. The van der Waals surface area contributed by atoms with Crippen molar-refractivity contribution in [2.45, 2.75) is 25.3 Å². The van der Waals surface area contributed by atoms with Crippen LogP contribution in [-0.4, -0.2) is 33.8 Å². The van der Waals surface area contributed by atoms with Gasteiger partial charge >= 0.3 is 0 Å². The number of carbonyl (C=O) groups is 1. The van der Waals surface area contributed by atoms with Crippen LogP contribution in [0.25, 0.3) is 10.9 Å². The molecule has 0 aliphatic heterocycles. The summed E-state index contributed by atoms with van der Waals surface area (Å²) in [5, 5.41) is 11.3. The Morgan fingerprint density at radius 1 is 1.42 bits per heavy atom. The van der Waals surface area contributed by atoms with Gasteiger partial charge in [0.1, 0.15) is 11.4 Å². The molecule has 2 heterocycles. The van der Waals surface area contributed by atoms with Gasteiger partial charge in [-0.05, 0) is 49.1 Å². The zero-order chi connectivity index (χ0) is 16.7. The highest BCUT2D eigenvalue weighted by Gasteiger charge is 2.23. The Balaban J connectivity index is 1.56. The number of fused-ring (bicyclic) bond motifs is 2. The summed E-state index contributed by atoms with van der Waals surface area (Å²) in [6.45, 7) is 0. The third-order valence-corrected chi connectivity index (χ3v) is 4.83. The number of aromatic amines is 1. The van der Waals surface area contributed by atoms with E-state index in [4.69, 9.17) is 4.74 Å². The highest BCUT2D eigenvalue weighted by atomic mass is 16.5. The molecule has 2 N–H and O–H groups in total. The molecule has 1 amide bonds. The third-order valence-electron chi connectivity index (χ3n) is 4.83. The van der Waals surface area contributed by atoms with Crippen LogP contribution in [0.2, 0.25) is 0 Å². The van der Waals surface area contributed by atoms with Crippen molar-refractivity contribution in [3.63, 3.8) is 0 Å². The average Bonchev–Trinajstić information content (AvgIpc) is 3.18. The van der Waals surface area contributed by atoms with Gasteiger partial charge in [0.2, 0.25) is 0 Å². The fourth-order valence-corrected chi connectivity index (χ4v) is 3.47. The van der Waals surface area contributed by atoms with E-state index in [-0.39, 0.29) is 11.9 Å². The molecular weight excluding hydrogens is 304 g/mol. The van der Waals surface area contributed by atoms with Crippen molar-refractivity contribution in [3.8, 4) is 5.75 Å². The Labute approximate surface area is 139 Å². The average molecular weight is 324 g/mol. The number of nitrogens with one attached hydrogen (secondary N) is 2. The molecule has 1 atom stereocenters. The van der Waals surface area contributed by atoms with Crippen LogP contribution in [-0.2, 0) is 19.9 Å². The number of benzene rings is 1. The molecule has 0 radical (unpaired) electrons. The van der Waals surface area contributed by atoms with E-state index < -0.39 is 0 Å². The van der Waals surface area contributed by atoms with Gasteiger partial charge < -0.3 is 14.6 Å². The molecule has 0 fully saturated rings. The summed E-state index contributed by atoms with van der Waals surface area (Å²) in [7, 11) is 3.56. The van der Waals surface area contributed by atoms with Gasteiger partial charge in [0.15, 0.2) is 0 Å². The first-order valence-corrected chi connectivity index (χ1v) is 8.11. The molecule has 6 heteroatoms. The number of hydrogen-bond acceptors (Lipinski definition) is 3. The smallest absolute Gasteiger partial charge is 0.268 e. The minimum absolute atomic E-state index is 0.0374. The van der Waals surface area contributed by atoms with Crippen molar-refractivity contribution < 1.29 is 9.53 Å². The number of nitrogens with zero attached hydrogens (tertiary/aromatic N) is 2. The summed E-state index contributed by atoms with van der Waals surface area (Å²) in [6, 6.07) is 7.90. The number of ether oxygens (including phenoxy) is 1. The van der Waals surface area contributed by atoms with Gasteiger partial charge in [0, 0.05) is 29.7 Å². The molecule has 124 valence electrons. The maximum atomic E-state index is 12.7. The standard InChI is InChI=1S/C18H20N4O2/c1-22-16-6-4-14(24-2)8-11(16)9-17(22)18(23)20-13-3-5-15-12(7-13)10-19-21-15/h4,6,8-10,13H,3,5,7H2,1-2H3,(H,19,21)(H,20,23)/t13-/m0/s1. The lowest BCUT2D eigenvalue weighted by atomic mass is 9.93. The molecule has 1 aliphatic rings. The molecule has 6 nitrogen and oxygen atoms in total. The summed E-state index contributed by atoms with van der Waals surface area (Å²) in [6.07, 6.45) is 4.54. The van der Waals surface area contributed by atoms with Crippen LogP contribution in [0.3, 0.4) is 0 Å². The summed E-state index contributed by atoms with van der Waals surface area (Å²) >= 11 is 0. The number of aromatic nitrogens is 3. The van der Waals surface area contributed by atoms with Crippen LogP contribution in [0.15, 0.2) is 30.5 Å². The molecule has 1 aliphatic carbocycles. The van der Waals surface area contributed by atoms with Crippen LogP contribution < -0.4 is 10.1 Å². The number of hydrogen-bond donors (Lipinski definition) is 2. The Kier molecular flexibility index (Phi) is 3.52. The normalized spacial score (nSPS) is 16.8. The van der Waals surface area contributed by atoms with Crippen LogP contribution in [0.1, 0.15) is 28.2 Å². The topological polar surface area (TPSA) is 71.9 Å². The Hall–Kier alpha value is -2.76. The van der Waals surface area contributed by atoms with Crippen LogP contribution >= 0.6 is 0 Å². The fourth-order valence-electron chi connectivity index (χ4n) is 3.47. The largest absolute Gasteiger partial charge is 0.497 e. The zero-order valence-corrected chi connectivity index (χ0v) is 13.8. The van der Waals surface area contributed by atoms with Gasteiger partial charge in [-0.3, -0.25) is 9.89 Å². The molecule has 3 aromatic rings. The van der Waals surface area contributed by atoms with E-state index >= 15 is 0 Å². The molecule has 0 spiro atoms. The van der Waals surface area contributed by atoms with Crippen LogP contribution in [0.5, 0.6) is 5.75 Å². The quantitative estimate of drug-likeness (QED) is 0.776. The van der Waals surface area contributed by atoms with Crippen LogP contribution in [0, 0.1) is 0 Å². The van der Waals surface area contributed by atoms with Crippen molar-refractivity contribution in [1.29, 1.82) is 0 Å². The van der Waals surface area contributed by atoms with E-state index in [0.717, 1.165) is 35.9 Å².